The van der Waals surface area contributed by atoms with Crippen molar-refractivity contribution in [1.29, 1.82) is 0 Å². The van der Waals surface area contributed by atoms with Gasteiger partial charge in [0.05, 0.1) is 0 Å². The fraction of sp³-hybridized carbons (Fsp3) is 0.700. The van der Waals surface area contributed by atoms with Gasteiger partial charge < -0.3 is 17.0 Å². The minimum Gasteiger partial charge on any atom is -0.473 e. The second-order valence-corrected chi connectivity index (χ2v) is 2.86. The van der Waals surface area contributed by atoms with E-state index in [-0.39, 0.29) is 26.8 Å². The summed E-state index contributed by atoms with van der Waals surface area (Å²) >= 11 is 0. The van der Waals surface area contributed by atoms with Crippen LogP contribution in [0.25, 0.3) is 0 Å². The van der Waals surface area contributed by atoms with E-state index in [9.17, 15) is 4.79 Å². The molecule has 0 radical (unpaired) electrons. The Morgan fingerprint density at radius 3 is 1.92 bits per heavy atom. The van der Waals surface area contributed by atoms with Gasteiger partial charge in [0.2, 0.25) is 0 Å². The van der Waals surface area contributed by atoms with E-state index in [1.54, 1.807) is 0 Å². The summed E-state index contributed by atoms with van der Waals surface area (Å²) in [5.74, 6) is 0.569. The van der Waals surface area contributed by atoms with Crippen LogP contribution in [-0.4, -0.2) is 12.3 Å². The van der Waals surface area contributed by atoms with E-state index in [1.165, 1.54) is 0 Å². The van der Waals surface area contributed by atoms with Crippen molar-refractivity contribution in [3.8, 4) is 0 Å². The van der Waals surface area contributed by atoms with Gasteiger partial charge in [0.15, 0.2) is 0 Å². The first-order chi connectivity index (χ1) is 5.58. The maximum atomic E-state index is 10.3. The molecule has 13 heavy (non-hydrogen) atoms. The molecule has 0 fully saturated rings. The first-order valence-corrected chi connectivity index (χ1v) is 4.43. The van der Waals surface area contributed by atoms with Crippen molar-refractivity contribution >= 4 is 5.78 Å². The molecular formula is C10H21NOW. The molecule has 0 aliphatic carbocycles. The van der Waals surface area contributed by atoms with Crippen LogP contribution in [0.2, 0.25) is 0 Å². The molecule has 0 rings (SSSR count). The Morgan fingerprint density at radius 1 is 1.46 bits per heavy atom. The number of rotatable bonds is 4. The van der Waals surface area contributed by atoms with Crippen molar-refractivity contribution in [3.05, 3.63) is 14.0 Å². The van der Waals surface area contributed by atoms with Crippen LogP contribution >= 0.6 is 0 Å². The molecule has 78 valence electrons. The van der Waals surface area contributed by atoms with Gasteiger partial charge in [-0.3, -0.25) is 7.05 Å². The van der Waals surface area contributed by atoms with E-state index >= 15 is 0 Å². The molecule has 1 atom stereocenters. The van der Waals surface area contributed by atoms with E-state index in [2.05, 4.69) is 33.1 Å². The first-order valence-electron chi connectivity index (χ1n) is 4.43. The third-order valence-electron chi connectivity index (χ3n) is 1.52. The summed E-state index contributed by atoms with van der Waals surface area (Å²) in [6.45, 7) is 10.4. The smallest absolute Gasteiger partial charge is 0.473 e. The van der Waals surface area contributed by atoms with Crippen LogP contribution in [-0.2, 0) is 25.9 Å². The summed E-state index contributed by atoms with van der Waals surface area (Å²) in [6.07, 6.45) is 1.71. The molecule has 0 amide bonds. The monoisotopic (exact) mass is 355 g/mol. The van der Waals surface area contributed by atoms with Crippen molar-refractivity contribution in [2.75, 3.05) is 6.54 Å². The Bertz CT molecular complexity index is 105. The van der Waals surface area contributed by atoms with Crippen LogP contribution in [0, 0.1) is 19.9 Å². The van der Waals surface area contributed by atoms with Gasteiger partial charge in [-0.25, -0.2) is 0 Å². The van der Waals surface area contributed by atoms with Crippen molar-refractivity contribution in [2.24, 2.45) is 5.92 Å². The van der Waals surface area contributed by atoms with Gasteiger partial charge in [-0.2, -0.15) is 0 Å². The molecular weight excluding hydrogens is 334 g/mol. The molecule has 1 N–H and O–H groups in total. The number of hydrogen-bond donors (Lipinski definition) is 1. The van der Waals surface area contributed by atoms with Gasteiger partial charge in [-0.1, -0.05) is 27.2 Å². The number of carbonyl (C=O) groups excluding carboxylic acids is 1. The molecule has 0 aromatic heterocycles. The number of nitrogens with one attached hydrogen (secondary N) is 1. The predicted molar refractivity (Wildman–Crippen MR) is 53.5 cm³/mol. The van der Waals surface area contributed by atoms with Crippen LogP contribution in [0.1, 0.15) is 33.6 Å². The zero-order valence-electron chi connectivity index (χ0n) is 8.93. The van der Waals surface area contributed by atoms with Crippen LogP contribution in [0.4, 0.5) is 0 Å². The normalized spacial score (nSPS) is 10.5. The van der Waals surface area contributed by atoms with Gasteiger partial charge in [0.1, 0.15) is 0 Å². The van der Waals surface area contributed by atoms with E-state index in [4.69, 9.17) is 0 Å². The third-order valence-corrected chi connectivity index (χ3v) is 1.52. The quantitative estimate of drug-likeness (QED) is 0.784. The Labute approximate surface area is 97.1 Å². The number of carbonyl (C=O) groups is 1. The molecule has 0 saturated heterocycles. The molecule has 0 aromatic rings. The van der Waals surface area contributed by atoms with Crippen LogP contribution in [0.15, 0.2) is 0 Å². The Kier molecular flexibility index (Phi) is 21.3. The molecule has 2 nitrogen and oxygen atoms in total. The Balaban J connectivity index is -0.000000173. The average Bonchev–Trinajstić information content (AvgIpc) is 2.04. The molecule has 0 heterocycles. The molecule has 3 heteroatoms. The predicted octanol–water partition coefficient (Wildman–Crippen LogP) is 2.21. The van der Waals surface area contributed by atoms with Crippen LogP contribution < -0.4 is 5.32 Å². The topological polar surface area (TPSA) is 29.1 Å². The largest absolute Gasteiger partial charge is 2.00 e. The molecule has 0 bridgehead atoms. The molecule has 1 unspecified atom stereocenters. The summed E-state index contributed by atoms with van der Waals surface area (Å²) < 4.78 is 0. The maximum absolute atomic E-state index is 10.3. The molecule has 0 aromatic carbocycles. The number of Topliss-reactive ketones (excluding diaryl/α,β-unsaturated/α-hetero) is 1. The molecule has 0 spiro atoms. The summed E-state index contributed by atoms with van der Waals surface area (Å²) in [4.78, 5) is 10.3. The number of ketones is 1. The van der Waals surface area contributed by atoms with Crippen molar-refractivity contribution in [3.63, 3.8) is 0 Å². The first kappa shape index (κ1) is 18.9. The summed E-state index contributed by atoms with van der Waals surface area (Å²) in [5.41, 5.74) is 0. The zero-order chi connectivity index (χ0) is 9.98. The van der Waals surface area contributed by atoms with Gasteiger partial charge in [-0.05, 0) is 24.7 Å². The molecule has 0 aliphatic heterocycles. The minimum absolute atomic E-state index is 0. The molecule has 0 aliphatic rings. The second-order valence-electron chi connectivity index (χ2n) is 2.86. The SMILES string of the molecule is [CH2-]C(=O)CC(C)CC.[CH2-]NCC.[W+2]. The van der Waals surface area contributed by atoms with E-state index in [1.807, 2.05) is 6.92 Å². The molecule has 0 saturated carbocycles. The Morgan fingerprint density at radius 2 is 1.85 bits per heavy atom. The zero-order valence-corrected chi connectivity index (χ0v) is 11.9. The fourth-order valence-corrected chi connectivity index (χ4v) is 0.533. The van der Waals surface area contributed by atoms with Crippen molar-refractivity contribution < 1.29 is 25.9 Å². The summed E-state index contributed by atoms with van der Waals surface area (Å²) in [7, 11) is 3.35. The number of hydrogen-bond acceptors (Lipinski definition) is 2. The van der Waals surface area contributed by atoms with E-state index in [0.717, 1.165) is 13.0 Å². The van der Waals surface area contributed by atoms with Gasteiger partial charge in [0, 0.05) is 0 Å². The minimum atomic E-state index is 0. The van der Waals surface area contributed by atoms with E-state index in [0.29, 0.717) is 12.3 Å². The summed E-state index contributed by atoms with van der Waals surface area (Å²) in [5, 5.41) is 2.68. The standard InChI is InChI=1S/C7H13O.C3H8N.W/c1-4-6(2)5-7(3)8;1-3-4-2;/h6H,3-5H2,1-2H3;4H,2-3H2,1H3;/q2*-1;+2. The average molecular weight is 355 g/mol. The Hall–Kier alpha value is 0.188. The second kappa shape index (κ2) is 14.7. The van der Waals surface area contributed by atoms with E-state index < -0.39 is 0 Å². The van der Waals surface area contributed by atoms with Crippen LogP contribution in [0.3, 0.4) is 0 Å². The van der Waals surface area contributed by atoms with Crippen molar-refractivity contribution in [2.45, 2.75) is 33.6 Å². The maximum Gasteiger partial charge on any atom is 2.00 e. The van der Waals surface area contributed by atoms with Gasteiger partial charge in [-0.15, -0.1) is 0 Å². The fourth-order valence-electron chi connectivity index (χ4n) is 0.533. The third kappa shape index (κ3) is 24.5. The van der Waals surface area contributed by atoms with Crippen molar-refractivity contribution in [1.82, 2.24) is 5.32 Å². The van der Waals surface area contributed by atoms with Crippen LogP contribution in [0.5, 0.6) is 0 Å². The van der Waals surface area contributed by atoms with Gasteiger partial charge in [0.25, 0.3) is 0 Å². The van der Waals surface area contributed by atoms with Gasteiger partial charge >= 0.3 is 21.1 Å². The summed E-state index contributed by atoms with van der Waals surface area (Å²) in [6, 6.07) is 0.